The van der Waals surface area contributed by atoms with E-state index in [0.717, 1.165) is 0 Å². The minimum Gasteiger partial charge on any atom is -0.481 e. The van der Waals surface area contributed by atoms with Crippen molar-refractivity contribution in [2.45, 2.75) is 25.4 Å². The third-order valence-corrected chi connectivity index (χ3v) is 5.32. The van der Waals surface area contributed by atoms with Crippen LogP contribution in [0.1, 0.15) is 28.9 Å². The number of carboxylic acid groups (broad SMARTS) is 2. The summed E-state index contributed by atoms with van der Waals surface area (Å²) in [7, 11) is 0. The van der Waals surface area contributed by atoms with Crippen LogP contribution in [0.25, 0.3) is 11.2 Å². The number of nitrogens with one attached hydrogen (secondary N) is 3. The van der Waals surface area contributed by atoms with Gasteiger partial charge in [0.25, 0.3) is 11.5 Å². The molecule has 0 aliphatic heterocycles. The van der Waals surface area contributed by atoms with E-state index < -0.39 is 29.4 Å². The number of aromatic amines is 1. The second-order valence-electron chi connectivity index (χ2n) is 6.83. The van der Waals surface area contributed by atoms with Gasteiger partial charge in [0.2, 0.25) is 5.95 Å². The second kappa shape index (κ2) is 10.2. The van der Waals surface area contributed by atoms with Gasteiger partial charge in [-0.2, -0.15) is 4.98 Å². The topological polar surface area (TPSA) is 213 Å². The Bertz CT molecular complexity index is 1300. The molecule has 0 fully saturated rings. The molecule has 0 aliphatic rings. The number of benzene rings is 1. The van der Waals surface area contributed by atoms with Crippen molar-refractivity contribution in [3.63, 3.8) is 0 Å². The van der Waals surface area contributed by atoms with Gasteiger partial charge < -0.3 is 26.6 Å². The minimum absolute atomic E-state index is 0.0529. The number of fused-ring (bicyclic) bond motifs is 1. The molecular weight excluding hydrogens is 549 g/mol. The number of carbonyl (C=O) groups is 3. The number of nitrogen functional groups attached to an aromatic ring is 1. The zero-order chi connectivity index (χ0) is 24.1. The molecule has 14 heteroatoms. The number of nitrogens with zero attached hydrogens (tertiary/aromatic N) is 3. The molecular formula is C19H18IN7O6. The molecule has 1 amide bonds. The van der Waals surface area contributed by atoms with E-state index in [9.17, 15) is 24.3 Å². The van der Waals surface area contributed by atoms with Gasteiger partial charge in [-0.1, -0.05) is 0 Å². The molecule has 13 nitrogen and oxygen atoms in total. The number of anilines is 2. The minimum atomic E-state index is -1.32. The van der Waals surface area contributed by atoms with Crippen LogP contribution >= 0.6 is 22.6 Å². The van der Waals surface area contributed by atoms with Crippen LogP contribution in [-0.2, 0) is 16.1 Å². The van der Waals surface area contributed by atoms with Crippen molar-refractivity contribution in [1.82, 2.24) is 25.3 Å². The number of carboxylic acids is 2. The molecule has 1 atom stereocenters. The van der Waals surface area contributed by atoms with Crippen molar-refractivity contribution in [3.8, 4) is 0 Å². The van der Waals surface area contributed by atoms with E-state index in [2.05, 4.69) is 30.6 Å². The van der Waals surface area contributed by atoms with E-state index in [1.807, 2.05) is 22.6 Å². The lowest BCUT2D eigenvalue weighted by atomic mass is 10.1. The van der Waals surface area contributed by atoms with Gasteiger partial charge in [0.1, 0.15) is 6.04 Å². The van der Waals surface area contributed by atoms with Crippen LogP contribution in [0.15, 0.2) is 29.2 Å². The summed E-state index contributed by atoms with van der Waals surface area (Å²) in [5.74, 6) is -3.15. The number of H-pyrrole nitrogens is 1. The molecule has 33 heavy (non-hydrogen) atoms. The standard InChI is InChI=1S/C19H18IN7O6/c20-10-5-8(16(30)25-12(18(32)33)3-4-13(28)29)1-2-11(10)22-6-9-7-23-15-14(24-9)17(31)27-19(21)26-15/h1-2,5,7,12,22H,3-4,6H2,(H,25,30)(H,28,29)(H,32,33)(H3,21,23,26,27,31). The molecule has 1 aromatic carbocycles. The van der Waals surface area contributed by atoms with E-state index in [1.165, 1.54) is 12.3 Å². The van der Waals surface area contributed by atoms with E-state index >= 15 is 0 Å². The Balaban J connectivity index is 1.68. The van der Waals surface area contributed by atoms with Gasteiger partial charge in [0.15, 0.2) is 11.2 Å². The molecule has 2 aromatic heterocycles. The summed E-state index contributed by atoms with van der Waals surface area (Å²) in [6, 6.07) is 3.37. The highest BCUT2D eigenvalue weighted by Crippen LogP contribution is 2.21. The predicted octanol–water partition coefficient (Wildman–Crippen LogP) is 0.560. The summed E-state index contributed by atoms with van der Waals surface area (Å²) in [5.41, 5.74) is 6.53. The van der Waals surface area contributed by atoms with Crippen LogP contribution in [0.5, 0.6) is 0 Å². The maximum absolute atomic E-state index is 12.4. The van der Waals surface area contributed by atoms with Crippen molar-refractivity contribution in [2.75, 3.05) is 11.1 Å². The number of hydrogen-bond acceptors (Lipinski definition) is 9. The molecule has 1 unspecified atom stereocenters. The molecule has 3 aromatic rings. The Morgan fingerprint density at radius 3 is 2.64 bits per heavy atom. The second-order valence-corrected chi connectivity index (χ2v) is 7.99. The van der Waals surface area contributed by atoms with Crippen LogP contribution in [0.3, 0.4) is 0 Å². The van der Waals surface area contributed by atoms with Crippen molar-refractivity contribution >= 4 is 63.2 Å². The SMILES string of the molecule is Nc1nc2ncc(CNc3ccc(C(=O)NC(CCC(=O)O)C(=O)O)cc3I)nc2c(=O)[nH]1. The van der Waals surface area contributed by atoms with Crippen LogP contribution in [-0.4, -0.2) is 54.0 Å². The Morgan fingerprint density at radius 1 is 1.21 bits per heavy atom. The van der Waals surface area contributed by atoms with E-state index in [1.54, 1.807) is 12.1 Å². The first-order valence-electron chi connectivity index (χ1n) is 9.44. The number of carbonyl (C=O) groups excluding carboxylic acids is 1. The Hall–Kier alpha value is -3.82. The summed E-state index contributed by atoms with van der Waals surface area (Å²) < 4.78 is 0.665. The fourth-order valence-corrected chi connectivity index (χ4v) is 3.51. The highest BCUT2D eigenvalue weighted by Gasteiger charge is 2.22. The number of aliphatic carboxylic acids is 2. The van der Waals surface area contributed by atoms with Crippen LogP contribution < -0.4 is 21.9 Å². The number of aromatic nitrogens is 4. The Labute approximate surface area is 199 Å². The average Bonchev–Trinajstić information content (AvgIpc) is 2.75. The molecule has 0 spiro atoms. The largest absolute Gasteiger partial charge is 0.481 e. The first-order chi connectivity index (χ1) is 15.6. The van der Waals surface area contributed by atoms with Gasteiger partial charge in [-0.15, -0.1) is 0 Å². The molecule has 172 valence electrons. The van der Waals surface area contributed by atoms with Crippen molar-refractivity contribution in [2.24, 2.45) is 0 Å². The van der Waals surface area contributed by atoms with Gasteiger partial charge in [0, 0.05) is 21.2 Å². The number of rotatable bonds is 9. The summed E-state index contributed by atoms with van der Waals surface area (Å²) in [6.07, 6.45) is 0.842. The maximum atomic E-state index is 12.4. The Morgan fingerprint density at radius 2 is 1.97 bits per heavy atom. The third kappa shape index (κ3) is 6.12. The highest BCUT2D eigenvalue weighted by atomic mass is 127. The summed E-state index contributed by atoms with van der Waals surface area (Å²) >= 11 is 2.01. The molecule has 0 radical (unpaired) electrons. The predicted molar refractivity (Wildman–Crippen MR) is 125 cm³/mol. The number of nitrogens with two attached hydrogens (primary N) is 1. The van der Waals surface area contributed by atoms with Crippen LogP contribution in [0.4, 0.5) is 11.6 Å². The normalized spacial score (nSPS) is 11.7. The number of hydrogen-bond donors (Lipinski definition) is 6. The molecule has 7 N–H and O–H groups in total. The first kappa shape index (κ1) is 23.8. The van der Waals surface area contributed by atoms with Gasteiger partial charge in [0.05, 0.1) is 18.4 Å². The zero-order valence-electron chi connectivity index (χ0n) is 16.8. The fraction of sp³-hybridized carbons (Fsp3) is 0.211. The smallest absolute Gasteiger partial charge is 0.326 e. The van der Waals surface area contributed by atoms with Crippen LogP contribution in [0.2, 0.25) is 0 Å². The monoisotopic (exact) mass is 567 g/mol. The first-order valence-corrected chi connectivity index (χ1v) is 10.5. The molecule has 0 saturated heterocycles. The Kier molecular flexibility index (Phi) is 7.37. The van der Waals surface area contributed by atoms with Gasteiger partial charge in [-0.05, 0) is 47.2 Å². The third-order valence-electron chi connectivity index (χ3n) is 4.43. The van der Waals surface area contributed by atoms with Gasteiger partial charge in [-0.25, -0.2) is 14.8 Å². The van der Waals surface area contributed by atoms with Crippen molar-refractivity contribution in [3.05, 3.63) is 49.6 Å². The quantitative estimate of drug-likeness (QED) is 0.197. The molecule has 3 rings (SSSR count). The van der Waals surface area contributed by atoms with Crippen LogP contribution in [0, 0.1) is 3.57 Å². The molecule has 0 bridgehead atoms. The summed E-state index contributed by atoms with van der Waals surface area (Å²) in [5, 5.41) is 23.4. The number of halogens is 1. The lowest BCUT2D eigenvalue weighted by Crippen LogP contribution is -2.41. The summed E-state index contributed by atoms with van der Waals surface area (Å²) in [6.45, 7) is 0.227. The summed E-state index contributed by atoms with van der Waals surface area (Å²) in [4.78, 5) is 60.9. The lowest BCUT2D eigenvalue weighted by Gasteiger charge is -2.14. The number of amides is 1. The van der Waals surface area contributed by atoms with E-state index in [-0.39, 0.29) is 42.1 Å². The van der Waals surface area contributed by atoms with E-state index in [4.69, 9.17) is 10.8 Å². The van der Waals surface area contributed by atoms with E-state index in [0.29, 0.717) is 15.0 Å². The van der Waals surface area contributed by atoms with Gasteiger partial charge in [-0.3, -0.25) is 19.4 Å². The molecule has 0 aliphatic carbocycles. The van der Waals surface area contributed by atoms with Crippen molar-refractivity contribution in [1.29, 1.82) is 0 Å². The fourth-order valence-electron chi connectivity index (χ4n) is 2.81. The highest BCUT2D eigenvalue weighted by molar-refractivity contribution is 14.1. The van der Waals surface area contributed by atoms with Gasteiger partial charge >= 0.3 is 11.9 Å². The lowest BCUT2D eigenvalue weighted by molar-refractivity contribution is -0.140. The van der Waals surface area contributed by atoms with Crippen molar-refractivity contribution < 1.29 is 24.6 Å². The average molecular weight is 567 g/mol. The molecule has 2 heterocycles. The zero-order valence-corrected chi connectivity index (χ0v) is 19.0. The maximum Gasteiger partial charge on any atom is 0.326 e. The molecule has 0 saturated carbocycles.